The Labute approximate surface area is 378 Å². The van der Waals surface area contributed by atoms with E-state index in [0.717, 1.165) is 81.3 Å². The van der Waals surface area contributed by atoms with Crippen LogP contribution in [0.4, 0.5) is 9.59 Å². The summed E-state index contributed by atoms with van der Waals surface area (Å²) in [5, 5.41) is 12.4. The number of amides is 4. The molecule has 4 atom stereocenters. The van der Waals surface area contributed by atoms with Gasteiger partial charge in [-0.1, -0.05) is 94.4 Å². The van der Waals surface area contributed by atoms with Crippen LogP contribution in [0.25, 0.3) is 50.7 Å². The molecule has 2 fully saturated rings. The summed E-state index contributed by atoms with van der Waals surface area (Å²) in [6.45, 7) is 8.67. The van der Waals surface area contributed by atoms with Crippen LogP contribution in [-0.2, 0) is 14.3 Å². The van der Waals surface area contributed by atoms with Gasteiger partial charge in [-0.25, -0.2) is 19.6 Å². The smallest absolute Gasteiger partial charge is 0.407 e. The Balaban J connectivity index is 1.01. The van der Waals surface area contributed by atoms with E-state index in [9.17, 15) is 24.3 Å². The summed E-state index contributed by atoms with van der Waals surface area (Å²) in [6.07, 6.45) is 5.01. The Kier molecular flexibility index (Phi) is 12.9. The molecule has 0 bridgehead atoms. The van der Waals surface area contributed by atoms with Crippen molar-refractivity contribution in [2.45, 2.75) is 77.5 Å². The van der Waals surface area contributed by atoms with Crippen LogP contribution in [0.2, 0.25) is 0 Å². The van der Waals surface area contributed by atoms with E-state index < -0.39 is 24.3 Å². The lowest BCUT2D eigenvalue weighted by atomic mass is 10.0. The van der Waals surface area contributed by atoms with Crippen LogP contribution in [0.1, 0.15) is 77.1 Å². The fourth-order valence-corrected chi connectivity index (χ4v) is 9.38. The first kappa shape index (κ1) is 44.4. The van der Waals surface area contributed by atoms with Crippen LogP contribution < -0.4 is 5.32 Å². The van der Waals surface area contributed by atoms with Crippen molar-refractivity contribution in [3.63, 3.8) is 0 Å². The van der Waals surface area contributed by atoms with Gasteiger partial charge in [-0.3, -0.25) is 14.5 Å². The lowest BCUT2D eigenvalue weighted by molar-refractivity contribution is -0.138. The van der Waals surface area contributed by atoms with Gasteiger partial charge in [-0.2, -0.15) is 0 Å². The number of imidazole rings is 2. The number of methoxy groups -OCH3 is 1. The molecule has 15 nitrogen and oxygen atoms in total. The van der Waals surface area contributed by atoms with Gasteiger partial charge >= 0.3 is 12.2 Å². The summed E-state index contributed by atoms with van der Waals surface area (Å²) < 4.78 is 7.05. The zero-order valence-electron chi connectivity index (χ0n) is 37.7. The van der Waals surface area contributed by atoms with Crippen LogP contribution in [0.5, 0.6) is 0 Å². The topological polar surface area (TPSA) is 182 Å². The number of likely N-dealkylation sites (N-methyl/N-ethyl adjacent to an activating group) is 1. The molecule has 3 aromatic carbocycles. The highest BCUT2D eigenvalue weighted by atomic mass is 16.5. The Morgan fingerprint density at radius 2 is 1.17 bits per heavy atom. The van der Waals surface area contributed by atoms with Gasteiger partial charge in [0.15, 0.2) is 0 Å². The van der Waals surface area contributed by atoms with Gasteiger partial charge in [-0.05, 0) is 84.0 Å². The largest absolute Gasteiger partial charge is 0.465 e. The van der Waals surface area contributed by atoms with Crippen LogP contribution in [0.3, 0.4) is 0 Å². The standard InChI is InChI=1S/C50H57N9O6/c1-30(2)43(55-49(62)65-6)47(60)57-26-10-14-41(57)45-51-28-37(53-45)32-16-20-34(21-17-32)39-24-25-40(59(39)36-12-8-7-9-13-36)35-22-18-33(19-23-35)38-29-52-46(54-38)42-15-11-27-58(42)48(61)44(31(3)4)56(5)50(63)64/h7-9,12-13,16-25,28-31,41-44H,10-11,14-15,26-27H2,1-6H3,(H,51,53)(H,52,54)(H,55,62)(H,63,64)/t41-,42-,43-,44-/m0/s1. The minimum absolute atomic E-state index is 0.118. The number of para-hydroxylation sites is 1. The molecule has 2 saturated heterocycles. The molecule has 4 amide bonds. The minimum atomic E-state index is -1.13. The molecule has 2 aliphatic rings. The lowest BCUT2D eigenvalue weighted by Crippen LogP contribution is -2.51. The van der Waals surface area contributed by atoms with Crippen molar-refractivity contribution in [1.82, 2.24) is 44.5 Å². The Morgan fingerprint density at radius 3 is 1.62 bits per heavy atom. The van der Waals surface area contributed by atoms with Crippen molar-refractivity contribution >= 4 is 24.0 Å². The van der Waals surface area contributed by atoms with E-state index >= 15 is 0 Å². The van der Waals surface area contributed by atoms with E-state index in [4.69, 9.17) is 14.7 Å². The van der Waals surface area contributed by atoms with Gasteiger partial charge in [0.05, 0.1) is 54.4 Å². The number of rotatable bonds is 13. The summed E-state index contributed by atoms with van der Waals surface area (Å²) >= 11 is 0. The quantitative estimate of drug-likeness (QED) is 0.0887. The zero-order valence-corrected chi connectivity index (χ0v) is 37.7. The second kappa shape index (κ2) is 18.9. The van der Waals surface area contributed by atoms with Gasteiger partial charge in [0.1, 0.15) is 23.7 Å². The molecular weight excluding hydrogens is 823 g/mol. The molecule has 15 heteroatoms. The number of ether oxygens (including phenoxy) is 1. The number of carbonyl (C=O) groups excluding carboxylic acids is 3. The summed E-state index contributed by atoms with van der Waals surface area (Å²) in [6, 6.07) is 29.3. The predicted octanol–water partition coefficient (Wildman–Crippen LogP) is 8.93. The third-order valence-corrected chi connectivity index (χ3v) is 12.8. The van der Waals surface area contributed by atoms with E-state index in [-0.39, 0.29) is 35.7 Å². The third-order valence-electron chi connectivity index (χ3n) is 12.8. The maximum Gasteiger partial charge on any atom is 0.407 e. The van der Waals surface area contributed by atoms with Crippen molar-refractivity contribution in [3.8, 4) is 50.7 Å². The van der Waals surface area contributed by atoms with Gasteiger partial charge in [-0.15, -0.1) is 0 Å². The Hall–Kier alpha value is -7.16. The second-order valence-electron chi connectivity index (χ2n) is 17.6. The second-order valence-corrected chi connectivity index (χ2v) is 17.6. The highest BCUT2D eigenvalue weighted by molar-refractivity contribution is 5.87. The molecule has 0 unspecified atom stereocenters. The van der Waals surface area contributed by atoms with Crippen molar-refractivity contribution in [3.05, 3.63) is 115 Å². The summed E-state index contributed by atoms with van der Waals surface area (Å²) in [7, 11) is 2.74. The maximum absolute atomic E-state index is 13.7. The minimum Gasteiger partial charge on any atom is -0.465 e. The number of benzene rings is 3. The van der Waals surface area contributed by atoms with Gasteiger partial charge in [0, 0.05) is 25.8 Å². The average molecular weight is 880 g/mol. The molecule has 65 heavy (non-hydrogen) atoms. The highest BCUT2D eigenvalue weighted by Crippen LogP contribution is 2.37. The number of carbonyl (C=O) groups is 4. The number of H-pyrrole nitrogens is 2. The zero-order chi connectivity index (χ0) is 45.9. The molecule has 4 N–H and O–H groups in total. The molecule has 0 saturated carbocycles. The van der Waals surface area contributed by atoms with E-state index in [1.807, 2.05) is 57.0 Å². The van der Waals surface area contributed by atoms with Crippen molar-refractivity contribution in [2.75, 3.05) is 27.2 Å². The number of alkyl carbamates (subject to hydrolysis) is 1. The van der Waals surface area contributed by atoms with Gasteiger partial charge in [0.2, 0.25) is 11.8 Å². The van der Waals surface area contributed by atoms with E-state index in [2.05, 4.69) is 92.6 Å². The van der Waals surface area contributed by atoms with Crippen LogP contribution in [0, 0.1) is 11.8 Å². The SMILES string of the molecule is COC(=O)N[C@H](C(=O)N1CCC[C@H]1c1ncc(-c2ccc(-c3ccc(-c4ccc(-c5cnc([C@@H]6CCCN6C(=O)[C@H](C(C)C)N(C)C(=O)O)[nH]5)cc4)n3-c3ccccc3)cc2)[nH]1)C(C)C. The molecule has 0 spiro atoms. The van der Waals surface area contributed by atoms with Gasteiger partial charge < -0.3 is 39.5 Å². The van der Waals surface area contributed by atoms with Crippen molar-refractivity contribution < 1.29 is 29.0 Å². The first-order chi connectivity index (χ1) is 31.3. The fourth-order valence-electron chi connectivity index (χ4n) is 9.38. The Bertz CT molecular complexity index is 2630. The number of nitrogens with one attached hydrogen (secondary N) is 3. The number of aromatic amines is 2. The monoisotopic (exact) mass is 879 g/mol. The first-order valence-corrected chi connectivity index (χ1v) is 22.3. The molecule has 2 aliphatic heterocycles. The summed E-state index contributed by atoms with van der Waals surface area (Å²) in [4.78, 5) is 72.4. The fraction of sp³-hybridized carbons (Fsp3) is 0.360. The van der Waals surface area contributed by atoms with E-state index in [0.29, 0.717) is 24.7 Å². The van der Waals surface area contributed by atoms with Crippen LogP contribution in [0.15, 0.2) is 103 Å². The summed E-state index contributed by atoms with van der Waals surface area (Å²) in [5.74, 6) is 0.756. The van der Waals surface area contributed by atoms with E-state index in [1.165, 1.54) is 14.2 Å². The number of aromatic nitrogens is 5. The maximum atomic E-state index is 13.7. The van der Waals surface area contributed by atoms with E-state index in [1.54, 1.807) is 11.1 Å². The molecular formula is C50H57N9O6. The van der Waals surface area contributed by atoms with Gasteiger partial charge in [0.25, 0.3) is 0 Å². The molecule has 338 valence electrons. The number of nitrogens with zero attached hydrogens (tertiary/aromatic N) is 6. The van der Waals surface area contributed by atoms with Crippen molar-refractivity contribution in [2.24, 2.45) is 11.8 Å². The lowest BCUT2D eigenvalue weighted by Gasteiger charge is -2.33. The van der Waals surface area contributed by atoms with Crippen LogP contribution >= 0.6 is 0 Å². The van der Waals surface area contributed by atoms with Crippen molar-refractivity contribution in [1.29, 1.82) is 0 Å². The summed E-state index contributed by atoms with van der Waals surface area (Å²) in [5.41, 5.74) is 8.72. The third kappa shape index (κ3) is 9.00. The molecule has 3 aromatic heterocycles. The molecule has 5 heterocycles. The Morgan fingerprint density at radius 1 is 0.692 bits per heavy atom. The first-order valence-electron chi connectivity index (χ1n) is 22.3. The molecule has 0 aliphatic carbocycles. The number of hydrogen-bond acceptors (Lipinski definition) is 7. The number of likely N-dealkylation sites (tertiary alicyclic amines) is 2. The predicted molar refractivity (Wildman–Crippen MR) is 248 cm³/mol. The highest BCUT2D eigenvalue weighted by Gasteiger charge is 2.40. The normalized spacial score (nSPS) is 17.1. The molecule has 6 aromatic rings. The molecule has 8 rings (SSSR count). The van der Waals surface area contributed by atoms with Crippen LogP contribution in [-0.4, -0.2) is 108 Å². The number of carboxylic acid groups (broad SMARTS) is 1. The number of hydrogen-bond donors (Lipinski definition) is 4. The average Bonchev–Trinajstić information content (AvgIpc) is 4.17. The molecule has 0 radical (unpaired) electrons.